The minimum atomic E-state index is 0.370. The fourth-order valence-corrected chi connectivity index (χ4v) is 2.91. The van der Waals surface area contributed by atoms with Crippen molar-refractivity contribution >= 4 is 11.4 Å². The van der Waals surface area contributed by atoms with Crippen LogP contribution in [0, 0.1) is 0 Å². The maximum atomic E-state index is 6.22. The fraction of sp³-hybridized carbons (Fsp3) is 0.529. The predicted octanol–water partition coefficient (Wildman–Crippen LogP) is 3.52. The molecule has 1 aromatic rings. The van der Waals surface area contributed by atoms with E-state index in [9.17, 15) is 0 Å². The number of nitrogens with two attached hydrogens (primary N) is 1. The lowest BCUT2D eigenvalue weighted by molar-refractivity contribution is -0.00617. The lowest BCUT2D eigenvalue weighted by atomic mass is 9.99. The van der Waals surface area contributed by atoms with Crippen LogP contribution in [-0.4, -0.2) is 30.2 Å². The molecular formula is C17H26N2O. The summed E-state index contributed by atoms with van der Waals surface area (Å²) in [6.45, 7) is 10.4. The Morgan fingerprint density at radius 1 is 1.25 bits per heavy atom. The van der Waals surface area contributed by atoms with Gasteiger partial charge >= 0.3 is 0 Å². The van der Waals surface area contributed by atoms with Gasteiger partial charge in [-0.25, -0.2) is 0 Å². The molecule has 2 atom stereocenters. The number of allylic oxidation sites excluding steroid dienone is 1. The molecule has 1 aromatic carbocycles. The van der Waals surface area contributed by atoms with Crippen LogP contribution in [0.3, 0.4) is 0 Å². The zero-order chi connectivity index (χ0) is 14.7. The summed E-state index contributed by atoms with van der Waals surface area (Å²) < 4.78 is 5.66. The molecule has 2 unspecified atom stereocenters. The molecule has 0 bridgehead atoms. The quantitative estimate of drug-likeness (QED) is 0.857. The van der Waals surface area contributed by atoms with E-state index in [1.54, 1.807) is 0 Å². The molecule has 3 heteroatoms. The van der Waals surface area contributed by atoms with E-state index in [1.807, 2.05) is 12.1 Å². The summed E-state index contributed by atoms with van der Waals surface area (Å²) >= 11 is 0. The van der Waals surface area contributed by atoms with E-state index in [0.29, 0.717) is 12.1 Å². The van der Waals surface area contributed by atoms with Gasteiger partial charge in [0, 0.05) is 29.0 Å². The molecule has 0 amide bonds. The Hall–Kier alpha value is -1.48. The van der Waals surface area contributed by atoms with Gasteiger partial charge in [0.25, 0.3) is 0 Å². The second kappa shape index (κ2) is 6.31. The molecular weight excluding hydrogens is 248 g/mol. The molecule has 1 heterocycles. The highest BCUT2D eigenvalue weighted by Crippen LogP contribution is 2.33. The number of benzene rings is 1. The van der Waals surface area contributed by atoms with Crippen LogP contribution in [0.2, 0.25) is 0 Å². The van der Waals surface area contributed by atoms with Gasteiger partial charge in [0.15, 0.2) is 0 Å². The minimum absolute atomic E-state index is 0.370. The van der Waals surface area contributed by atoms with Crippen molar-refractivity contribution in [2.75, 3.05) is 18.9 Å². The lowest BCUT2D eigenvalue weighted by Gasteiger charge is -2.43. The standard InChI is InChI=1S/C17H26N2O/c1-5-12(2)17(15-8-6-7-9-16(15)18)19-13(3)10-20-11-14(19)4/h6-9,13-14H,5,10-11,18H2,1-4H3. The van der Waals surface area contributed by atoms with Crippen LogP contribution in [0.5, 0.6) is 0 Å². The highest BCUT2D eigenvalue weighted by atomic mass is 16.5. The van der Waals surface area contributed by atoms with Crippen LogP contribution in [-0.2, 0) is 4.74 Å². The molecule has 2 rings (SSSR count). The Balaban J connectivity index is 2.52. The Kier molecular flexibility index (Phi) is 4.71. The van der Waals surface area contributed by atoms with Crippen LogP contribution >= 0.6 is 0 Å². The van der Waals surface area contributed by atoms with Crippen LogP contribution in [0.1, 0.15) is 39.7 Å². The summed E-state index contributed by atoms with van der Waals surface area (Å²) in [4.78, 5) is 2.48. The normalized spacial score (nSPS) is 24.5. The van der Waals surface area contributed by atoms with Gasteiger partial charge in [-0.05, 0) is 38.8 Å². The number of nitrogens with zero attached hydrogens (tertiary/aromatic N) is 1. The number of ether oxygens (including phenoxy) is 1. The Bertz CT molecular complexity index is 486. The number of morpholine rings is 1. The highest BCUT2D eigenvalue weighted by molar-refractivity contribution is 5.76. The maximum Gasteiger partial charge on any atom is 0.0668 e. The first kappa shape index (κ1) is 14.9. The number of rotatable bonds is 3. The van der Waals surface area contributed by atoms with Crippen molar-refractivity contribution in [2.45, 2.75) is 46.2 Å². The van der Waals surface area contributed by atoms with Gasteiger partial charge in [-0.15, -0.1) is 0 Å². The van der Waals surface area contributed by atoms with E-state index in [-0.39, 0.29) is 0 Å². The van der Waals surface area contributed by atoms with E-state index in [4.69, 9.17) is 10.5 Å². The van der Waals surface area contributed by atoms with E-state index in [0.717, 1.165) is 30.9 Å². The number of para-hydroxylation sites is 1. The van der Waals surface area contributed by atoms with Crippen LogP contribution in [0.25, 0.3) is 5.70 Å². The fourth-order valence-electron chi connectivity index (χ4n) is 2.91. The number of hydrogen-bond acceptors (Lipinski definition) is 3. The van der Waals surface area contributed by atoms with Crippen molar-refractivity contribution in [3.63, 3.8) is 0 Å². The van der Waals surface area contributed by atoms with Crippen molar-refractivity contribution in [2.24, 2.45) is 0 Å². The van der Waals surface area contributed by atoms with Crippen molar-refractivity contribution in [3.8, 4) is 0 Å². The first-order valence-corrected chi connectivity index (χ1v) is 7.47. The predicted molar refractivity (Wildman–Crippen MR) is 85.3 cm³/mol. The molecule has 0 spiro atoms. The molecule has 0 radical (unpaired) electrons. The van der Waals surface area contributed by atoms with Crippen molar-refractivity contribution in [3.05, 3.63) is 35.4 Å². The summed E-state index contributed by atoms with van der Waals surface area (Å²) in [6, 6.07) is 8.89. The van der Waals surface area contributed by atoms with Crippen LogP contribution in [0.15, 0.2) is 29.8 Å². The molecule has 1 aliphatic rings. The topological polar surface area (TPSA) is 38.5 Å². The monoisotopic (exact) mass is 274 g/mol. The molecule has 0 saturated carbocycles. The molecule has 0 aromatic heterocycles. The Morgan fingerprint density at radius 2 is 1.85 bits per heavy atom. The summed E-state index contributed by atoms with van der Waals surface area (Å²) in [5.74, 6) is 0. The molecule has 1 fully saturated rings. The lowest BCUT2D eigenvalue weighted by Crippen LogP contribution is -2.48. The molecule has 1 saturated heterocycles. The molecule has 20 heavy (non-hydrogen) atoms. The smallest absolute Gasteiger partial charge is 0.0668 e. The summed E-state index contributed by atoms with van der Waals surface area (Å²) in [5, 5.41) is 0. The Labute approximate surface area is 122 Å². The first-order chi connectivity index (χ1) is 9.56. The van der Waals surface area contributed by atoms with Crippen LogP contribution in [0.4, 0.5) is 5.69 Å². The summed E-state index contributed by atoms with van der Waals surface area (Å²) in [7, 11) is 0. The third kappa shape index (κ3) is 2.83. The summed E-state index contributed by atoms with van der Waals surface area (Å²) in [5.41, 5.74) is 10.9. The third-order valence-electron chi connectivity index (χ3n) is 4.08. The van der Waals surface area contributed by atoms with E-state index < -0.39 is 0 Å². The molecule has 3 nitrogen and oxygen atoms in total. The van der Waals surface area contributed by atoms with Crippen LogP contribution < -0.4 is 5.73 Å². The van der Waals surface area contributed by atoms with Gasteiger partial charge in [0.05, 0.1) is 13.2 Å². The first-order valence-electron chi connectivity index (χ1n) is 7.47. The van der Waals surface area contributed by atoms with Crippen molar-refractivity contribution in [1.82, 2.24) is 4.90 Å². The number of anilines is 1. The van der Waals surface area contributed by atoms with Gasteiger partial charge < -0.3 is 15.4 Å². The van der Waals surface area contributed by atoms with E-state index in [2.05, 4.69) is 44.7 Å². The van der Waals surface area contributed by atoms with Gasteiger partial charge in [-0.2, -0.15) is 0 Å². The molecule has 2 N–H and O–H groups in total. The third-order valence-corrected chi connectivity index (χ3v) is 4.08. The van der Waals surface area contributed by atoms with Gasteiger partial charge in [-0.3, -0.25) is 0 Å². The largest absolute Gasteiger partial charge is 0.398 e. The maximum absolute atomic E-state index is 6.22. The number of nitrogen functional groups attached to an aromatic ring is 1. The van der Waals surface area contributed by atoms with Crippen molar-refractivity contribution in [1.29, 1.82) is 0 Å². The molecule has 1 aliphatic heterocycles. The average molecular weight is 274 g/mol. The SMILES string of the molecule is CCC(C)=C(c1ccccc1N)N1C(C)COCC1C. The van der Waals surface area contributed by atoms with Gasteiger partial charge in [0.2, 0.25) is 0 Å². The average Bonchev–Trinajstić information content (AvgIpc) is 2.43. The zero-order valence-electron chi connectivity index (χ0n) is 13.0. The zero-order valence-corrected chi connectivity index (χ0v) is 13.0. The molecule has 110 valence electrons. The van der Waals surface area contributed by atoms with Crippen molar-refractivity contribution < 1.29 is 4.74 Å². The summed E-state index contributed by atoms with van der Waals surface area (Å²) in [6.07, 6.45) is 1.03. The molecule has 0 aliphatic carbocycles. The second-order valence-corrected chi connectivity index (χ2v) is 5.71. The Morgan fingerprint density at radius 3 is 2.40 bits per heavy atom. The highest BCUT2D eigenvalue weighted by Gasteiger charge is 2.29. The minimum Gasteiger partial charge on any atom is -0.398 e. The second-order valence-electron chi connectivity index (χ2n) is 5.71. The van der Waals surface area contributed by atoms with E-state index in [1.165, 1.54) is 11.3 Å². The van der Waals surface area contributed by atoms with Gasteiger partial charge in [0.1, 0.15) is 0 Å². The number of hydrogen-bond donors (Lipinski definition) is 1. The van der Waals surface area contributed by atoms with E-state index >= 15 is 0 Å². The van der Waals surface area contributed by atoms with Gasteiger partial charge in [-0.1, -0.05) is 25.1 Å².